The van der Waals surface area contributed by atoms with Crippen LogP contribution in [-0.4, -0.2) is 24.5 Å². The summed E-state index contributed by atoms with van der Waals surface area (Å²) in [4.78, 5) is 24.2. The summed E-state index contributed by atoms with van der Waals surface area (Å²) in [7, 11) is 0. The minimum atomic E-state index is -0.583. The van der Waals surface area contributed by atoms with Crippen molar-refractivity contribution < 1.29 is 19.1 Å². The monoisotopic (exact) mass is 339 g/mol. The Morgan fingerprint density at radius 1 is 1.08 bits per heavy atom. The van der Waals surface area contributed by atoms with Crippen LogP contribution < -0.4 is 10.1 Å². The van der Waals surface area contributed by atoms with Gasteiger partial charge in [-0.1, -0.05) is 30.3 Å². The second kappa shape index (κ2) is 7.83. The summed E-state index contributed by atoms with van der Waals surface area (Å²) >= 11 is 0. The summed E-state index contributed by atoms with van der Waals surface area (Å²) in [5, 5.41) is 2.86. The van der Waals surface area contributed by atoms with Gasteiger partial charge in [0.15, 0.2) is 6.61 Å². The second-order valence-corrected chi connectivity index (χ2v) is 6.18. The van der Waals surface area contributed by atoms with Gasteiger partial charge in [-0.3, -0.25) is 4.79 Å². The van der Waals surface area contributed by atoms with Gasteiger partial charge in [0.2, 0.25) is 0 Å². The standard InChI is InChI=1S/C20H21NO4/c1-14(15-11-12-15)21-19(22)13-24-20(23)17-9-5-6-10-18(17)25-16-7-3-2-4-8-16/h2-10,14-15H,11-13H2,1H3,(H,21,22)/t14-/m0/s1. The first-order valence-electron chi connectivity index (χ1n) is 8.42. The van der Waals surface area contributed by atoms with Gasteiger partial charge < -0.3 is 14.8 Å². The van der Waals surface area contributed by atoms with E-state index in [-0.39, 0.29) is 24.1 Å². The first kappa shape index (κ1) is 17.0. The molecular formula is C20H21NO4. The molecule has 0 unspecified atom stereocenters. The summed E-state index contributed by atoms with van der Waals surface area (Å²) in [5.41, 5.74) is 0.286. The molecule has 0 heterocycles. The van der Waals surface area contributed by atoms with Gasteiger partial charge in [0.25, 0.3) is 5.91 Å². The Bertz CT molecular complexity index is 740. The molecule has 0 saturated heterocycles. The van der Waals surface area contributed by atoms with Crippen molar-refractivity contribution in [2.24, 2.45) is 5.92 Å². The van der Waals surface area contributed by atoms with Gasteiger partial charge in [-0.05, 0) is 49.9 Å². The molecule has 0 spiro atoms. The topological polar surface area (TPSA) is 64.6 Å². The van der Waals surface area contributed by atoms with E-state index in [1.165, 1.54) is 0 Å². The van der Waals surface area contributed by atoms with Gasteiger partial charge in [-0.25, -0.2) is 4.79 Å². The molecule has 1 amide bonds. The van der Waals surface area contributed by atoms with Crippen LogP contribution in [0.5, 0.6) is 11.5 Å². The molecule has 130 valence electrons. The van der Waals surface area contributed by atoms with Gasteiger partial charge in [0, 0.05) is 6.04 Å². The van der Waals surface area contributed by atoms with E-state index in [0.717, 1.165) is 12.8 Å². The van der Waals surface area contributed by atoms with E-state index in [1.54, 1.807) is 36.4 Å². The number of hydrogen-bond acceptors (Lipinski definition) is 4. The number of hydrogen-bond donors (Lipinski definition) is 1. The Hall–Kier alpha value is -2.82. The highest BCUT2D eigenvalue weighted by Gasteiger charge is 2.29. The maximum absolute atomic E-state index is 12.3. The number of amides is 1. The fourth-order valence-corrected chi connectivity index (χ4v) is 2.56. The number of carbonyl (C=O) groups is 2. The van der Waals surface area contributed by atoms with E-state index in [4.69, 9.17) is 9.47 Å². The van der Waals surface area contributed by atoms with E-state index >= 15 is 0 Å². The number of para-hydroxylation sites is 2. The van der Waals surface area contributed by atoms with Crippen LogP contribution in [0.25, 0.3) is 0 Å². The van der Waals surface area contributed by atoms with E-state index in [1.807, 2.05) is 25.1 Å². The van der Waals surface area contributed by atoms with Crippen molar-refractivity contribution in [3.8, 4) is 11.5 Å². The van der Waals surface area contributed by atoms with Crippen LogP contribution >= 0.6 is 0 Å². The van der Waals surface area contributed by atoms with Gasteiger partial charge in [0.05, 0.1) is 0 Å². The molecular weight excluding hydrogens is 318 g/mol. The van der Waals surface area contributed by atoms with Gasteiger partial charge in [-0.2, -0.15) is 0 Å². The Morgan fingerprint density at radius 3 is 2.48 bits per heavy atom. The third-order valence-corrected chi connectivity index (χ3v) is 4.13. The molecule has 25 heavy (non-hydrogen) atoms. The fourth-order valence-electron chi connectivity index (χ4n) is 2.56. The van der Waals surface area contributed by atoms with Crippen LogP contribution in [0.4, 0.5) is 0 Å². The molecule has 0 aliphatic heterocycles. The van der Waals surface area contributed by atoms with E-state index in [2.05, 4.69) is 5.32 Å². The third-order valence-electron chi connectivity index (χ3n) is 4.13. The van der Waals surface area contributed by atoms with Crippen LogP contribution in [0.1, 0.15) is 30.1 Å². The molecule has 0 radical (unpaired) electrons. The summed E-state index contributed by atoms with van der Waals surface area (Å²) < 4.78 is 10.9. The van der Waals surface area contributed by atoms with Crippen LogP contribution in [0.3, 0.4) is 0 Å². The van der Waals surface area contributed by atoms with Gasteiger partial charge in [-0.15, -0.1) is 0 Å². The van der Waals surface area contributed by atoms with Crippen molar-refractivity contribution in [1.82, 2.24) is 5.32 Å². The Morgan fingerprint density at radius 2 is 1.76 bits per heavy atom. The first-order valence-corrected chi connectivity index (χ1v) is 8.42. The normalized spacial score (nSPS) is 14.4. The van der Waals surface area contributed by atoms with Gasteiger partial charge >= 0.3 is 5.97 Å². The zero-order valence-corrected chi connectivity index (χ0v) is 14.1. The van der Waals surface area contributed by atoms with Crippen LogP contribution in [-0.2, 0) is 9.53 Å². The lowest BCUT2D eigenvalue weighted by molar-refractivity contribution is -0.125. The summed E-state index contributed by atoms with van der Waals surface area (Å²) in [6.45, 7) is 1.68. The van der Waals surface area contributed by atoms with E-state index in [9.17, 15) is 9.59 Å². The number of ether oxygens (including phenoxy) is 2. The number of esters is 1. The second-order valence-electron chi connectivity index (χ2n) is 6.18. The van der Waals surface area contributed by atoms with Crippen LogP contribution in [0.2, 0.25) is 0 Å². The molecule has 1 fully saturated rings. The molecule has 3 rings (SSSR count). The summed E-state index contributed by atoms with van der Waals surface area (Å²) in [6.07, 6.45) is 2.29. The van der Waals surface area contributed by atoms with E-state index < -0.39 is 5.97 Å². The summed E-state index contributed by atoms with van der Waals surface area (Å²) in [5.74, 6) is 0.707. The Balaban J connectivity index is 1.59. The Labute approximate surface area is 147 Å². The fraction of sp³-hybridized carbons (Fsp3) is 0.300. The average molecular weight is 339 g/mol. The molecule has 1 aliphatic carbocycles. The lowest BCUT2D eigenvalue weighted by Gasteiger charge is -2.13. The van der Waals surface area contributed by atoms with Crippen molar-refractivity contribution in [2.45, 2.75) is 25.8 Å². The predicted octanol–water partition coefficient (Wildman–Crippen LogP) is 3.55. The molecule has 5 nitrogen and oxygen atoms in total. The quantitative estimate of drug-likeness (QED) is 0.784. The minimum Gasteiger partial charge on any atom is -0.456 e. The first-order chi connectivity index (χ1) is 12.1. The van der Waals surface area contributed by atoms with Crippen molar-refractivity contribution in [3.05, 3.63) is 60.2 Å². The van der Waals surface area contributed by atoms with Crippen LogP contribution in [0, 0.1) is 5.92 Å². The van der Waals surface area contributed by atoms with Crippen molar-refractivity contribution in [2.75, 3.05) is 6.61 Å². The molecule has 0 aromatic heterocycles. The SMILES string of the molecule is C[C@H](NC(=O)COC(=O)c1ccccc1Oc1ccccc1)C1CC1. The predicted molar refractivity (Wildman–Crippen MR) is 93.6 cm³/mol. The lowest BCUT2D eigenvalue weighted by Crippen LogP contribution is -2.37. The van der Waals surface area contributed by atoms with Crippen molar-refractivity contribution in [1.29, 1.82) is 0 Å². The average Bonchev–Trinajstić information content (AvgIpc) is 3.46. The smallest absolute Gasteiger partial charge is 0.342 e. The molecule has 5 heteroatoms. The molecule has 1 saturated carbocycles. The number of nitrogens with one attached hydrogen (secondary N) is 1. The number of carbonyl (C=O) groups excluding carboxylic acids is 2. The maximum Gasteiger partial charge on any atom is 0.342 e. The molecule has 1 N–H and O–H groups in total. The van der Waals surface area contributed by atoms with Gasteiger partial charge in [0.1, 0.15) is 17.1 Å². The van der Waals surface area contributed by atoms with E-state index in [0.29, 0.717) is 17.4 Å². The maximum atomic E-state index is 12.3. The molecule has 1 atom stereocenters. The van der Waals surface area contributed by atoms with Crippen molar-refractivity contribution >= 4 is 11.9 Å². The Kier molecular flexibility index (Phi) is 5.33. The highest BCUT2D eigenvalue weighted by Crippen LogP contribution is 2.32. The lowest BCUT2D eigenvalue weighted by atomic mass is 10.2. The third kappa shape index (κ3) is 4.83. The van der Waals surface area contributed by atoms with Crippen LogP contribution in [0.15, 0.2) is 54.6 Å². The summed E-state index contributed by atoms with van der Waals surface area (Å²) in [6, 6.07) is 16.1. The molecule has 1 aliphatic rings. The zero-order valence-electron chi connectivity index (χ0n) is 14.1. The van der Waals surface area contributed by atoms with Crippen molar-refractivity contribution in [3.63, 3.8) is 0 Å². The number of rotatable bonds is 7. The number of benzene rings is 2. The highest BCUT2D eigenvalue weighted by atomic mass is 16.5. The minimum absolute atomic E-state index is 0.125. The molecule has 0 bridgehead atoms. The highest BCUT2D eigenvalue weighted by molar-refractivity contribution is 5.94. The largest absolute Gasteiger partial charge is 0.456 e. The zero-order chi connectivity index (χ0) is 17.6. The molecule has 2 aromatic carbocycles. The molecule has 2 aromatic rings.